The second-order valence-corrected chi connectivity index (χ2v) is 12.7. The molecule has 3 N–H and O–H groups in total. The Hall–Kier alpha value is -4.89. The van der Waals surface area contributed by atoms with Gasteiger partial charge in [0.05, 0.1) is 18.7 Å². The average molecular weight is 652 g/mol. The molecule has 0 radical (unpaired) electrons. The molecule has 48 heavy (non-hydrogen) atoms. The van der Waals surface area contributed by atoms with Crippen molar-refractivity contribution in [2.75, 3.05) is 18.1 Å². The van der Waals surface area contributed by atoms with E-state index in [1.807, 2.05) is 92.7 Å². The molecule has 1 saturated heterocycles. The van der Waals surface area contributed by atoms with E-state index < -0.39 is 36.3 Å². The maximum absolute atomic E-state index is 13.5. The third kappa shape index (κ3) is 9.13. The first-order valence-corrected chi connectivity index (χ1v) is 16.6. The molecule has 0 saturated carbocycles. The van der Waals surface area contributed by atoms with Gasteiger partial charge in [-0.2, -0.15) is 0 Å². The predicted octanol–water partition coefficient (Wildman–Crippen LogP) is 5.58. The van der Waals surface area contributed by atoms with Crippen LogP contribution >= 0.6 is 0 Å². The fraction of sp³-hybridized carbons (Fsp3) is 0.359. The highest BCUT2D eigenvalue weighted by molar-refractivity contribution is 5.95. The Balaban J connectivity index is 1.30. The third-order valence-electron chi connectivity index (χ3n) is 8.96. The molecule has 0 aromatic heterocycles. The number of aliphatic hydroxyl groups excluding tert-OH is 1. The van der Waals surface area contributed by atoms with Crippen molar-refractivity contribution in [3.63, 3.8) is 0 Å². The second kappa shape index (κ2) is 16.3. The van der Waals surface area contributed by atoms with Crippen LogP contribution in [-0.2, 0) is 20.7 Å². The van der Waals surface area contributed by atoms with E-state index in [1.165, 1.54) is 4.90 Å². The number of benzene rings is 3. The Morgan fingerprint density at radius 2 is 1.65 bits per heavy atom. The van der Waals surface area contributed by atoms with Gasteiger partial charge in [0.2, 0.25) is 0 Å². The van der Waals surface area contributed by atoms with E-state index in [2.05, 4.69) is 23.6 Å². The molecule has 3 aromatic carbocycles. The molecule has 0 bridgehead atoms. The van der Waals surface area contributed by atoms with Crippen molar-refractivity contribution in [1.82, 2.24) is 10.6 Å². The molecule has 3 aromatic rings. The Morgan fingerprint density at radius 1 is 0.958 bits per heavy atom. The number of nitrogens with one attached hydrogen (secondary N) is 2. The lowest BCUT2D eigenvalue weighted by Gasteiger charge is -2.31. The number of cyclic esters (lactones) is 1. The zero-order valence-corrected chi connectivity index (χ0v) is 27.8. The summed E-state index contributed by atoms with van der Waals surface area (Å²) in [6.45, 7) is 5.88. The van der Waals surface area contributed by atoms with Gasteiger partial charge in [-0.15, -0.1) is 0 Å². The zero-order chi connectivity index (χ0) is 34.0. The molecule has 3 amide bonds. The number of hydrogen-bond acceptors (Lipinski definition) is 6. The molecule has 5 rings (SSSR count). The Kier molecular flexibility index (Phi) is 11.7. The van der Waals surface area contributed by atoms with Gasteiger partial charge < -0.3 is 25.2 Å². The van der Waals surface area contributed by atoms with Crippen molar-refractivity contribution < 1.29 is 29.0 Å². The minimum atomic E-state index is -1.01. The van der Waals surface area contributed by atoms with Crippen LogP contribution in [0.4, 0.5) is 10.5 Å². The van der Waals surface area contributed by atoms with Crippen LogP contribution in [0.1, 0.15) is 42.9 Å². The lowest BCUT2D eigenvalue weighted by Crippen LogP contribution is -2.50. The van der Waals surface area contributed by atoms with Crippen molar-refractivity contribution in [2.45, 2.75) is 70.7 Å². The molecule has 4 unspecified atom stereocenters. The first-order chi connectivity index (χ1) is 23.2. The van der Waals surface area contributed by atoms with Crippen molar-refractivity contribution in [3.8, 4) is 5.75 Å². The summed E-state index contributed by atoms with van der Waals surface area (Å²) in [5.74, 6) is 0.148. The summed E-state index contributed by atoms with van der Waals surface area (Å²) in [4.78, 5) is 40.9. The Morgan fingerprint density at radius 3 is 2.33 bits per heavy atom. The number of allylic oxidation sites excluding steroid dienone is 3. The zero-order valence-electron chi connectivity index (χ0n) is 27.8. The molecule has 9 heteroatoms. The molecule has 1 aliphatic carbocycles. The van der Waals surface area contributed by atoms with Crippen LogP contribution in [0.25, 0.3) is 0 Å². The number of rotatable bonds is 14. The fourth-order valence-electron chi connectivity index (χ4n) is 6.27. The summed E-state index contributed by atoms with van der Waals surface area (Å²) in [6, 6.07) is 23.4. The number of carbonyl (C=O) groups is 3. The maximum Gasteiger partial charge on any atom is 0.415 e. The number of para-hydroxylation sites is 2. The van der Waals surface area contributed by atoms with Gasteiger partial charge in [0.25, 0.3) is 11.8 Å². The molecule has 9 nitrogen and oxygen atoms in total. The molecule has 0 spiro atoms. The lowest BCUT2D eigenvalue weighted by atomic mass is 9.86. The van der Waals surface area contributed by atoms with E-state index in [0.29, 0.717) is 24.3 Å². The van der Waals surface area contributed by atoms with Gasteiger partial charge in [-0.25, -0.2) is 4.79 Å². The molecule has 1 fully saturated rings. The average Bonchev–Trinajstić information content (AvgIpc) is 3.47. The molecule has 1 aliphatic heterocycles. The molecular formula is C39H45N3O6. The monoisotopic (exact) mass is 651 g/mol. The highest BCUT2D eigenvalue weighted by atomic mass is 16.6. The minimum absolute atomic E-state index is 0.0773. The van der Waals surface area contributed by atoms with E-state index in [0.717, 1.165) is 28.7 Å². The van der Waals surface area contributed by atoms with Gasteiger partial charge in [-0.05, 0) is 74.3 Å². The van der Waals surface area contributed by atoms with Crippen LogP contribution in [0.3, 0.4) is 0 Å². The van der Waals surface area contributed by atoms with Gasteiger partial charge >= 0.3 is 6.09 Å². The van der Waals surface area contributed by atoms with Crippen molar-refractivity contribution in [2.24, 2.45) is 5.92 Å². The Bertz CT molecular complexity index is 1600. The van der Waals surface area contributed by atoms with Gasteiger partial charge in [0.1, 0.15) is 5.75 Å². The number of aryl methyl sites for hydroxylation is 2. The van der Waals surface area contributed by atoms with Crippen molar-refractivity contribution in [1.29, 1.82) is 0 Å². The topological polar surface area (TPSA) is 117 Å². The van der Waals surface area contributed by atoms with Crippen LogP contribution in [0, 0.1) is 19.8 Å². The highest BCUT2D eigenvalue weighted by Gasteiger charge is 2.38. The van der Waals surface area contributed by atoms with E-state index in [9.17, 15) is 19.5 Å². The number of carbonyl (C=O) groups excluding carboxylic acids is 3. The van der Waals surface area contributed by atoms with E-state index in [1.54, 1.807) is 12.1 Å². The van der Waals surface area contributed by atoms with Crippen molar-refractivity contribution in [3.05, 3.63) is 119 Å². The molecule has 252 valence electrons. The number of amides is 3. The molecule has 2 aliphatic rings. The fourth-order valence-corrected chi connectivity index (χ4v) is 6.27. The van der Waals surface area contributed by atoms with Gasteiger partial charge in [-0.1, -0.05) is 97.5 Å². The Labute approximate surface area is 282 Å². The third-order valence-corrected chi connectivity index (χ3v) is 8.96. The van der Waals surface area contributed by atoms with E-state index >= 15 is 0 Å². The summed E-state index contributed by atoms with van der Waals surface area (Å²) in [5.41, 5.74) is 4.62. The van der Waals surface area contributed by atoms with Gasteiger partial charge in [-0.3, -0.25) is 14.5 Å². The van der Waals surface area contributed by atoms with Crippen molar-refractivity contribution >= 4 is 23.6 Å². The SMILES string of the molecule is Cc1cccc(C)c1OCC(=O)NC(CC1=CC=CCC1C)[C@@H](O)CC(Cc1ccccc1)NC(=O)C1CN(c2ccccc2)C(=O)O1. The van der Waals surface area contributed by atoms with Crippen LogP contribution < -0.4 is 20.3 Å². The first-order valence-electron chi connectivity index (χ1n) is 16.6. The quantitative estimate of drug-likeness (QED) is 0.210. The summed E-state index contributed by atoms with van der Waals surface area (Å²) in [7, 11) is 0. The summed E-state index contributed by atoms with van der Waals surface area (Å²) >= 11 is 0. The summed E-state index contributed by atoms with van der Waals surface area (Å²) in [6.07, 6.45) is 5.47. The molecule has 5 atom stereocenters. The number of aliphatic hydroxyl groups is 1. The predicted molar refractivity (Wildman–Crippen MR) is 186 cm³/mol. The van der Waals surface area contributed by atoms with Gasteiger partial charge in [0.15, 0.2) is 12.7 Å². The summed E-state index contributed by atoms with van der Waals surface area (Å²) < 4.78 is 11.4. The largest absolute Gasteiger partial charge is 0.483 e. The van der Waals surface area contributed by atoms with E-state index in [-0.39, 0.29) is 31.4 Å². The minimum Gasteiger partial charge on any atom is -0.483 e. The number of ether oxygens (including phenoxy) is 2. The van der Waals surface area contributed by atoms with E-state index in [4.69, 9.17) is 9.47 Å². The van der Waals surface area contributed by atoms with Crippen LogP contribution in [0.2, 0.25) is 0 Å². The van der Waals surface area contributed by atoms with Crippen LogP contribution in [0.15, 0.2) is 103 Å². The second-order valence-electron chi connectivity index (χ2n) is 12.7. The summed E-state index contributed by atoms with van der Waals surface area (Å²) in [5, 5.41) is 17.8. The highest BCUT2D eigenvalue weighted by Crippen LogP contribution is 2.27. The van der Waals surface area contributed by atoms with Crippen LogP contribution in [0.5, 0.6) is 5.75 Å². The maximum atomic E-state index is 13.5. The number of anilines is 1. The van der Waals surface area contributed by atoms with Crippen LogP contribution in [-0.4, -0.2) is 60.5 Å². The molecule has 1 heterocycles. The van der Waals surface area contributed by atoms with Gasteiger partial charge in [0, 0.05) is 11.7 Å². The number of hydrogen-bond donors (Lipinski definition) is 3. The normalized spacial score (nSPS) is 19.1. The molecular weight excluding hydrogens is 606 g/mol. The lowest BCUT2D eigenvalue weighted by molar-refractivity contribution is -0.129. The smallest absolute Gasteiger partial charge is 0.415 e. The first kappa shape index (κ1) is 34.4. The number of nitrogens with zero attached hydrogens (tertiary/aromatic N) is 1. The standard InChI is InChI=1S/C39H45N3O6/c1-26-13-10-11-18-30(26)22-33(41-36(44)25-47-37-27(2)14-12-15-28(37)3)34(43)23-31(21-29-16-6-4-7-17-29)40-38(45)35-24-42(39(46)48-35)32-19-8-5-9-20-32/h4-12,14-20,26,31,33-35,43H,13,21-25H2,1-3H3,(H,40,45)(H,41,44)/t26?,31?,33?,34-,35?/m0/s1.